The molecule has 0 aromatic heterocycles. The van der Waals surface area contributed by atoms with Crippen LogP contribution in [-0.2, 0) is 29.2 Å². The fourth-order valence-electron chi connectivity index (χ4n) is 2.67. The summed E-state index contributed by atoms with van der Waals surface area (Å²) in [6.07, 6.45) is 0. The predicted molar refractivity (Wildman–Crippen MR) is 115 cm³/mol. The number of benzene rings is 2. The van der Waals surface area contributed by atoms with Crippen LogP contribution >= 0.6 is 24.0 Å². The number of morpholine rings is 1. The number of aliphatic imine (C=N–C) groups is 1. The molecule has 0 spiro atoms. The maximum absolute atomic E-state index is 6.05. The van der Waals surface area contributed by atoms with Crippen molar-refractivity contribution in [2.24, 2.45) is 10.7 Å². The van der Waals surface area contributed by atoms with Crippen LogP contribution in [0, 0.1) is 0 Å². The van der Waals surface area contributed by atoms with Gasteiger partial charge in [0.1, 0.15) is 0 Å². The minimum atomic E-state index is 0. The SMILES string of the molecule is I.NC(=NCc1ccc(COCc2ccccc2)cc1)N1CCOCC1. The molecule has 1 aliphatic heterocycles. The summed E-state index contributed by atoms with van der Waals surface area (Å²) in [4.78, 5) is 6.55. The Bertz CT molecular complexity index is 671. The Kier molecular flexibility index (Phi) is 8.87. The van der Waals surface area contributed by atoms with Crippen molar-refractivity contribution < 1.29 is 9.47 Å². The van der Waals surface area contributed by atoms with Crippen LogP contribution in [0.15, 0.2) is 59.6 Å². The van der Waals surface area contributed by atoms with Crippen molar-refractivity contribution in [3.05, 3.63) is 71.3 Å². The van der Waals surface area contributed by atoms with Crippen LogP contribution in [-0.4, -0.2) is 37.2 Å². The molecular weight excluding hydrogens is 441 g/mol. The van der Waals surface area contributed by atoms with Crippen LogP contribution in [0.3, 0.4) is 0 Å². The average Bonchev–Trinajstić information content (AvgIpc) is 2.68. The van der Waals surface area contributed by atoms with E-state index in [2.05, 4.69) is 46.3 Å². The van der Waals surface area contributed by atoms with E-state index in [4.69, 9.17) is 15.2 Å². The second kappa shape index (κ2) is 11.2. The van der Waals surface area contributed by atoms with E-state index in [1.807, 2.05) is 18.2 Å². The Morgan fingerprint density at radius 2 is 1.50 bits per heavy atom. The van der Waals surface area contributed by atoms with E-state index in [-0.39, 0.29) is 24.0 Å². The molecule has 0 saturated carbocycles. The maximum atomic E-state index is 6.05. The van der Waals surface area contributed by atoms with Gasteiger partial charge in [0.25, 0.3) is 0 Å². The van der Waals surface area contributed by atoms with Gasteiger partial charge in [-0.2, -0.15) is 0 Å². The lowest BCUT2D eigenvalue weighted by Gasteiger charge is -2.27. The summed E-state index contributed by atoms with van der Waals surface area (Å²) in [7, 11) is 0. The van der Waals surface area contributed by atoms with E-state index in [0.717, 1.165) is 24.2 Å². The van der Waals surface area contributed by atoms with Crippen molar-refractivity contribution in [3.8, 4) is 0 Å². The number of hydrogen-bond acceptors (Lipinski definition) is 3. The fourth-order valence-corrected chi connectivity index (χ4v) is 2.67. The van der Waals surface area contributed by atoms with Crippen LogP contribution in [0.2, 0.25) is 0 Å². The molecular formula is C20H26IN3O2. The summed E-state index contributed by atoms with van der Waals surface area (Å²) < 4.78 is 11.1. The molecule has 140 valence electrons. The third-order valence-electron chi connectivity index (χ3n) is 4.16. The second-order valence-electron chi connectivity index (χ2n) is 6.07. The third kappa shape index (κ3) is 6.59. The van der Waals surface area contributed by atoms with Gasteiger partial charge in [0.2, 0.25) is 0 Å². The molecule has 0 bridgehead atoms. The molecule has 0 amide bonds. The summed E-state index contributed by atoms with van der Waals surface area (Å²) in [6.45, 7) is 4.88. The van der Waals surface area contributed by atoms with Gasteiger partial charge in [-0.15, -0.1) is 24.0 Å². The smallest absolute Gasteiger partial charge is 0.191 e. The summed E-state index contributed by atoms with van der Waals surface area (Å²) in [5.74, 6) is 0.596. The van der Waals surface area contributed by atoms with Crippen LogP contribution in [0.25, 0.3) is 0 Å². The fraction of sp³-hybridized carbons (Fsp3) is 0.350. The molecule has 6 heteroatoms. The molecule has 0 atom stereocenters. The molecule has 5 nitrogen and oxygen atoms in total. The summed E-state index contributed by atoms with van der Waals surface area (Å²) in [5.41, 5.74) is 9.53. The Hall–Kier alpha value is -1.64. The molecule has 1 aliphatic rings. The van der Waals surface area contributed by atoms with Crippen LogP contribution in [0.4, 0.5) is 0 Å². The van der Waals surface area contributed by atoms with Gasteiger partial charge < -0.3 is 20.1 Å². The number of ether oxygens (including phenoxy) is 2. The van der Waals surface area contributed by atoms with Crippen molar-refractivity contribution in [1.29, 1.82) is 0 Å². The summed E-state index contributed by atoms with van der Waals surface area (Å²) >= 11 is 0. The van der Waals surface area contributed by atoms with E-state index in [0.29, 0.717) is 38.9 Å². The maximum Gasteiger partial charge on any atom is 0.191 e. The summed E-state index contributed by atoms with van der Waals surface area (Å²) in [5, 5.41) is 0. The van der Waals surface area contributed by atoms with Crippen molar-refractivity contribution in [2.75, 3.05) is 26.3 Å². The first-order valence-electron chi connectivity index (χ1n) is 8.63. The minimum absolute atomic E-state index is 0. The lowest BCUT2D eigenvalue weighted by molar-refractivity contribution is 0.0674. The third-order valence-corrected chi connectivity index (χ3v) is 4.16. The summed E-state index contributed by atoms with van der Waals surface area (Å²) in [6, 6.07) is 18.5. The van der Waals surface area contributed by atoms with Crippen molar-refractivity contribution in [1.82, 2.24) is 4.90 Å². The van der Waals surface area contributed by atoms with E-state index >= 15 is 0 Å². The molecule has 0 aliphatic carbocycles. The Labute approximate surface area is 172 Å². The standard InChI is InChI=1S/C20H25N3O2.HI/c21-20(23-10-12-24-13-11-23)22-14-17-6-8-19(9-7-17)16-25-15-18-4-2-1-3-5-18;/h1-9H,10-16H2,(H2,21,22);1H. The van der Waals surface area contributed by atoms with E-state index in [1.165, 1.54) is 5.56 Å². The number of guanidine groups is 1. The zero-order valence-electron chi connectivity index (χ0n) is 14.8. The molecule has 3 rings (SSSR count). The molecule has 0 radical (unpaired) electrons. The predicted octanol–water partition coefficient (Wildman–Crippen LogP) is 3.17. The van der Waals surface area contributed by atoms with Gasteiger partial charge >= 0.3 is 0 Å². The van der Waals surface area contributed by atoms with Gasteiger partial charge in [0.05, 0.1) is 33.0 Å². The number of nitrogens with two attached hydrogens (primary N) is 1. The number of hydrogen-bond donors (Lipinski definition) is 1. The quantitative estimate of drug-likeness (QED) is 0.403. The number of nitrogens with zero attached hydrogens (tertiary/aromatic N) is 2. The van der Waals surface area contributed by atoms with Gasteiger partial charge in [-0.1, -0.05) is 54.6 Å². The van der Waals surface area contributed by atoms with Gasteiger partial charge in [-0.25, -0.2) is 4.99 Å². The van der Waals surface area contributed by atoms with Crippen molar-refractivity contribution >= 4 is 29.9 Å². The lowest BCUT2D eigenvalue weighted by Crippen LogP contribution is -2.44. The zero-order chi connectivity index (χ0) is 17.3. The van der Waals surface area contributed by atoms with Crippen LogP contribution in [0.5, 0.6) is 0 Å². The molecule has 1 fully saturated rings. The van der Waals surface area contributed by atoms with Gasteiger partial charge in [0.15, 0.2) is 5.96 Å². The highest BCUT2D eigenvalue weighted by atomic mass is 127. The Morgan fingerprint density at radius 3 is 2.15 bits per heavy atom. The topological polar surface area (TPSA) is 60.1 Å². The Balaban J connectivity index is 0.00000243. The van der Waals surface area contributed by atoms with E-state index in [1.54, 1.807) is 0 Å². The number of rotatable bonds is 6. The van der Waals surface area contributed by atoms with Gasteiger partial charge in [-0.05, 0) is 16.7 Å². The van der Waals surface area contributed by atoms with E-state index in [9.17, 15) is 0 Å². The van der Waals surface area contributed by atoms with Crippen molar-refractivity contribution in [2.45, 2.75) is 19.8 Å². The molecule has 1 heterocycles. The first kappa shape index (κ1) is 20.7. The van der Waals surface area contributed by atoms with Crippen molar-refractivity contribution in [3.63, 3.8) is 0 Å². The highest BCUT2D eigenvalue weighted by Gasteiger charge is 2.11. The largest absolute Gasteiger partial charge is 0.378 e. The zero-order valence-corrected chi connectivity index (χ0v) is 17.2. The van der Waals surface area contributed by atoms with Crippen LogP contribution < -0.4 is 5.73 Å². The molecule has 2 aromatic rings. The Morgan fingerprint density at radius 1 is 0.923 bits per heavy atom. The highest BCUT2D eigenvalue weighted by molar-refractivity contribution is 14.0. The molecule has 2 N–H and O–H groups in total. The normalized spacial score (nSPS) is 14.8. The lowest BCUT2D eigenvalue weighted by atomic mass is 10.1. The first-order chi connectivity index (χ1) is 12.3. The molecule has 2 aromatic carbocycles. The van der Waals surface area contributed by atoms with E-state index < -0.39 is 0 Å². The molecule has 1 saturated heterocycles. The average molecular weight is 467 g/mol. The number of halogens is 1. The first-order valence-corrected chi connectivity index (χ1v) is 8.63. The van der Waals surface area contributed by atoms with Gasteiger partial charge in [-0.3, -0.25) is 0 Å². The second-order valence-corrected chi connectivity index (χ2v) is 6.07. The molecule has 0 unspecified atom stereocenters. The van der Waals surface area contributed by atoms with Gasteiger partial charge in [0, 0.05) is 13.1 Å². The molecule has 26 heavy (non-hydrogen) atoms. The van der Waals surface area contributed by atoms with Crippen LogP contribution in [0.1, 0.15) is 16.7 Å². The monoisotopic (exact) mass is 467 g/mol. The highest BCUT2D eigenvalue weighted by Crippen LogP contribution is 2.09. The minimum Gasteiger partial charge on any atom is -0.378 e.